The molecule has 1 rings (SSSR count). The summed E-state index contributed by atoms with van der Waals surface area (Å²) >= 11 is 0. The average Bonchev–Trinajstić information content (AvgIpc) is 1.69. The lowest BCUT2D eigenvalue weighted by molar-refractivity contribution is -0.646. The molecule has 1 aliphatic heterocycles. The van der Waals surface area contributed by atoms with Crippen molar-refractivity contribution in [2.75, 3.05) is 19.6 Å². The highest BCUT2D eigenvalue weighted by atomic mass is 16.2. The Bertz CT molecular complexity index is 73.8. The van der Waals surface area contributed by atoms with Gasteiger partial charge in [-0.25, -0.2) is 0 Å². The molecule has 0 aromatic rings. The molecule has 0 unspecified atom stereocenters. The molecule has 1 saturated heterocycles. The minimum Gasteiger partial charge on any atom is -0.346 e. The molecule has 7 heavy (non-hydrogen) atoms. The summed E-state index contributed by atoms with van der Waals surface area (Å²) < 4.78 is 0. The van der Waals surface area contributed by atoms with Crippen LogP contribution in [0.4, 0.5) is 0 Å². The Morgan fingerprint density at radius 3 is 2.86 bits per heavy atom. The third kappa shape index (κ3) is 1.16. The second-order valence-corrected chi connectivity index (χ2v) is 1.63. The molecule has 0 saturated carbocycles. The molecule has 0 aromatic heterocycles. The van der Waals surface area contributed by atoms with Crippen molar-refractivity contribution in [3.05, 3.63) is 0 Å². The maximum atomic E-state index is 10.3. The maximum Gasteiger partial charge on any atom is 0.275 e. The molecule has 0 aliphatic carbocycles. The molecule has 3 nitrogen and oxygen atoms in total. The third-order valence-electron chi connectivity index (χ3n) is 1.00. The van der Waals surface area contributed by atoms with Crippen LogP contribution in [0.5, 0.6) is 0 Å². The molecular formula is C4H9N2O+. The number of amides is 1. The van der Waals surface area contributed by atoms with Crippen LogP contribution in [-0.2, 0) is 4.79 Å². The topological polar surface area (TPSA) is 45.7 Å². The Morgan fingerprint density at radius 2 is 2.57 bits per heavy atom. The number of nitrogens with two attached hydrogens (primary N) is 1. The quantitative estimate of drug-likeness (QED) is 0.353. The van der Waals surface area contributed by atoms with Crippen LogP contribution in [0.1, 0.15) is 0 Å². The van der Waals surface area contributed by atoms with E-state index in [4.69, 9.17) is 0 Å². The zero-order valence-corrected chi connectivity index (χ0v) is 4.11. The second kappa shape index (κ2) is 1.93. The van der Waals surface area contributed by atoms with Crippen molar-refractivity contribution < 1.29 is 10.1 Å². The van der Waals surface area contributed by atoms with Crippen molar-refractivity contribution in [2.24, 2.45) is 0 Å². The number of carbonyl (C=O) groups excluding carboxylic acids is 1. The van der Waals surface area contributed by atoms with Gasteiger partial charge in [0.25, 0.3) is 5.91 Å². The third-order valence-corrected chi connectivity index (χ3v) is 1.00. The summed E-state index contributed by atoms with van der Waals surface area (Å²) in [4.78, 5) is 10.3. The molecule has 0 aromatic carbocycles. The van der Waals surface area contributed by atoms with E-state index in [1.54, 1.807) is 0 Å². The Balaban J connectivity index is 2.25. The van der Waals surface area contributed by atoms with Crippen molar-refractivity contribution in [1.82, 2.24) is 5.32 Å². The predicted octanol–water partition coefficient (Wildman–Crippen LogP) is -2.32. The minimum absolute atomic E-state index is 0.159. The highest BCUT2D eigenvalue weighted by Gasteiger charge is 2.06. The van der Waals surface area contributed by atoms with Crippen LogP contribution in [0.3, 0.4) is 0 Å². The van der Waals surface area contributed by atoms with Gasteiger partial charge in [-0.3, -0.25) is 4.79 Å². The molecule has 3 heteroatoms. The average molecular weight is 101 g/mol. The lowest BCUT2D eigenvalue weighted by Gasteiger charge is -2.07. The molecule has 1 fully saturated rings. The lowest BCUT2D eigenvalue weighted by atomic mass is 10.4. The van der Waals surface area contributed by atoms with E-state index in [0.717, 1.165) is 13.1 Å². The van der Waals surface area contributed by atoms with Gasteiger partial charge >= 0.3 is 0 Å². The first kappa shape index (κ1) is 4.59. The Morgan fingerprint density at radius 1 is 1.71 bits per heavy atom. The van der Waals surface area contributed by atoms with Crippen molar-refractivity contribution in [1.29, 1.82) is 0 Å². The normalized spacial score (nSPS) is 21.4. The van der Waals surface area contributed by atoms with Crippen LogP contribution in [0.25, 0.3) is 0 Å². The second-order valence-electron chi connectivity index (χ2n) is 1.63. The van der Waals surface area contributed by atoms with E-state index in [2.05, 4.69) is 5.32 Å². The number of rotatable bonds is 0. The summed E-state index contributed by atoms with van der Waals surface area (Å²) in [5.41, 5.74) is 0. The van der Waals surface area contributed by atoms with E-state index >= 15 is 0 Å². The highest BCUT2D eigenvalue weighted by molar-refractivity contribution is 5.76. The van der Waals surface area contributed by atoms with Gasteiger partial charge < -0.3 is 10.6 Å². The van der Waals surface area contributed by atoms with Gasteiger partial charge in [0.15, 0.2) is 6.54 Å². The summed E-state index contributed by atoms with van der Waals surface area (Å²) in [7, 11) is 0. The molecule has 0 bridgehead atoms. The highest BCUT2D eigenvalue weighted by Crippen LogP contribution is 1.60. The number of piperazine rings is 1. The molecule has 1 heterocycles. The number of hydrogen-bond donors (Lipinski definition) is 2. The monoisotopic (exact) mass is 101 g/mol. The Labute approximate surface area is 42.1 Å². The summed E-state index contributed by atoms with van der Waals surface area (Å²) in [5.74, 6) is 0.159. The van der Waals surface area contributed by atoms with Crippen LogP contribution < -0.4 is 10.6 Å². The largest absolute Gasteiger partial charge is 0.346 e. The van der Waals surface area contributed by atoms with E-state index in [1.165, 1.54) is 0 Å². The van der Waals surface area contributed by atoms with Crippen LogP contribution in [-0.4, -0.2) is 25.5 Å². The van der Waals surface area contributed by atoms with Crippen molar-refractivity contribution in [2.45, 2.75) is 0 Å². The van der Waals surface area contributed by atoms with Crippen LogP contribution in [0.2, 0.25) is 0 Å². The smallest absolute Gasteiger partial charge is 0.275 e. The van der Waals surface area contributed by atoms with Gasteiger partial charge in [-0.2, -0.15) is 0 Å². The van der Waals surface area contributed by atoms with E-state index in [-0.39, 0.29) is 5.91 Å². The van der Waals surface area contributed by atoms with Gasteiger partial charge in [0.05, 0.1) is 13.1 Å². The lowest BCUT2D eigenvalue weighted by Crippen LogP contribution is -2.90. The van der Waals surface area contributed by atoms with E-state index in [1.807, 2.05) is 5.32 Å². The van der Waals surface area contributed by atoms with Gasteiger partial charge in [-0.15, -0.1) is 0 Å². The van der Waals surface area contributed by atoms with Crippen molar-refractivity contribution in [3.8, 4) is 0 Å². The Kier molecular flexibility index (Phi) is 1.26. The first-order valence-electron chi connectivity index (χ1n) is 2.48. The van der Waals surface area contributed by atoms with Gasteiger partial charge in [-0.05, 0) is 0 Å². The predicted molar refractivity (Wildman–Crippen MR) is 24.7 cm³/mol. The molecule has 0 spiro atoms. The van der Waals surface area contributed by atoms with E-state index in [0.29, 0.717) is 6.54 Å². The minimum atomic E-state index is 0.159. The molecule has 3 N–H and O–H groups in total. The fraction of sp³-hybridized carbons (Fsp3) is 0.750. The first-order chi connectivity index (χ1) is 3.39. The zero-order chi connectivity index (χ0) is 5.11. The van der Waals surface area contributed by atoms with Gasteiger partial charge in [0.1, 0.15) is 0 Å². The standard InChI is InChI=1S/C4H8N2O/c7-4-3-5-1-2-6-4/h5H,1-3H2,(H,6,7)/p+1. The van der Waals surface area contributed by atoms with Gasteiger partial charge in [0.2, 0.25) is 0 Å². The van der Waals surface area contributed by atoms with Crippen molar-refractivity contribution >= 4 is 5.91 Å². The number of hydrogen-bond acceptors (Lipinski definition) is 1. The molecular weight excluding hydrogens is 92.1 g/mol. The molecule has 0 atom stereocenters. The molecule has 0 radical (unpaired) electrons. The van der Waals surface area contributed by atoms with Crippen LogP contribution >= 0.6 is 0 Å². The van der Waals surface area contributed by atoms with Gasteiger partial charge in [-0.1, -0.05) is 0 Å². The van der Waals surface area contributed by atoms with Gasteiger partial charge in [0, 0.05) is 0 Å². The maximum absolute atomic E-state index is 10.3. The fourth-order valence-corrected chi connectivity index (χ4v) is 0.619. The molecule has 1 aliphatic rings. The molecule has 40 valence electrons. The summed E-state index contributed by atoms with van der Waals surface area (Å²) in [6, 6.07) is 0. The van der Waals surface area contributed by atoms with Crippen LogP contribution in [0.15, 0.2) is 0 Å². The summed E-state index contributed by atoms with van der Waals surface area (Å²) in [6.45, 7) is 2.48. The number of nitrogens with one attached hydrogen (secondary N) is 1. The zero-order valence-electron chi connectivity index (χ0n) is 4.11. The SMILES string of the molecule is O=C1C[NH2+]CCN1. The first-order valence-corrected chi connectivity index (χ1v) is 2.48. The summed E-state index contributed by atoms with van der Waals surface area (Å²) in [6.07, 6.45) is 0. The van der Waals surface area contributed by atoms with E-state index in [9.17, 15) is 4.79 Å². The van der Waals surface area contributed by atoms with E-state index < -0.39 is 0 Å². The molecule has 1 amide bonds. The summed E-state index contributed by atoms with van der Waals surface area (Å²) in [5, 5.41) is 4.71. The van der Waals surface area contributed by atoms with Crippen LogP contribution in [0, 0.1) is 0 Å². The number of carbonyl (C=O) groups is 1. The Hall–Kier alpha value is -0.570. The van der Waals surface area contributed by atoms with Crippen molar-refractivity contribution in [3.63, 3.8) is 0 Å². The fourth-order valence-electron chi connectivity index (χ4n) is 0.619. The number of quaternary nitrogens is 1.